The van der Waals surface area contributed by atoms with Gasteiger partial charge in [-0.1, -0.05) is 84.4 Å². The summed E-state index contributed by atoms with van der Waals surface area (Å²) < 4.78 is 0. The second-order valence-electron chi connectivity index (χ2n) is 10.2. The van der Waals surface area contributed by atoms with Crippen LogP contribution in [-0.2, 0) is 11.3 Å². The molecule has 35 heavy (non-hydrogen) atoms. The number of H-pyrrole nitrogens is 1. The van der Waals surface area contributed by atoms with E-state index in [-0.39, 0.29) is 11.8 Å². The van der Waals surface area contributed by atoms with Gasteiger partial charge >= 0.3 is 5.97 Å². The summed E-state index contributed by atoms with van der Waals surface area (Å²) in [5.74, 6) is -0.874. The van der Waals surface area contributed by atoms with Gasteiger partial charge in [-0.2, -0.15) is 0 Å². The topological polar surface area (TPSA) is 56.3 Å². The number of para-hydroxylation sites is 1. The monoisotopic (exact) mass is 462 g/mol. The number of hydrogen-bond donors (Lipinski definition) is 2. The van der Waals surface area contributed by atoms with Crippen LogP contribution in [0, 0.1) is 18.3 Å². The first-order valence-electron chi connectivity index (χ1n) is 12.4. The maximum Gasteiger partial charge on any atom is 0.312 e. The fourth-order valence-corrected chi connectivity index (χ4v) is 6.47. The third kappa shape index (κ3) is 3.60. The lowest BCUT2D eigenvalue weighted by molar-refractivity contribution is -0.151. The van der Waals surface area contributed by atoms with Crippen molar-refractivity contribution in [2.75, 3.05) is 13.1 Å². The van der Waals surface area contributed by atoms with Crippen molar-refractivity contribution in [2.45, 2.75) is 25.8 Å². The zero-order valence-corrected chi connectivity index (χ0v) is 19.9. The van der Waals surface area contributed by atoms with Crippen molar-refractivity contribution in [1.82, 2.24) is 9.88 Å². The van der Waals surface area contributed by atoms with Gasteiger partial charge in [0.15, 0.2) is 0 Å². The van der Waals surface area contributed by atoms with Crippen molar-refractivity contribution in [3.05, 3.63) is 113 Å². The van der Waals surface area contributed by atoms with E-state index in [2.05, 4.69) is 83.5 Å². The predicted octanol–water partition coefficient (Wildman–Crippen LogP) is 6.25. The number of benzene rings is 3. The zero-order chi connectivity index (χ0) is 24.0. The van der Waals surface area contributed by atoms with E-state index < -0.39 is 11.4 Å². The van der Waals surface area contributed by atoms with E-state index in [1.54, 1.807) is 0 Å². The number of aromatic amines is 1. The quantitative estimate of drug-likeness (QED) is 0.369. The number of hydrogen-bond acceptors (Lipinski definition) is 2. The van der Waals surface area contributed by atoms with Crippen LogP contribution in [0.2, 0.25) is 0 Å². The third-order valence-corrected chi connectivity index (χ3v) is 8.15. The molecule has 3 unspecified atom stereocenters. The van der Waals surface area contributed by atoms with E-state index in [4.69, 9.17) is 0 Å². The Morgan fingerprint density at radius 3 is 2.51 bits per heavy atom. The van der Waals surface area contributed by atoms with Crippen molar-refractivity contribution in [2.24, 2.45) is 11.3 Å². The number of aromatic nitrogens is 1. The summed E-state index contributed by atoms with van der Waals surface area (Å²) in [6.45, 7) is 4.12. The van der Waals surface area contributed by atoms with Crippen LogP contribution in [0.1, 0.15) is 34.6 Å². The molecule has 0 saturated carbocycles. The van der Waals surface area contributed by atoms with Crippen LogP contribution in [0.4, 0.5) is 0 Å². The predicted molar refractivity (Wildman–Crippen MR) is 140 cm³/mol. The molecule has 0 spiro atoms. The molecule has 1 aliphatic heterocycles. The molecule has 0 amide bonds. The molecule has 6 rings (SSSR count). The average molecular weight is 463 g/mol. The summed E-state index contributed by atoms with van der Waals surface area (Å²) in [7, 11) is 0. The first kappa shape index (κ1) is 21.9. The van der Waals surface area contributed by atoms with Crippen molar-refractivity contribution >= 4 is 22.4 Å². The lowest BCUT2D eigenvalue weighted by Crippen LogP contribution is -2.46. The van der Waals surface area contributed by atoms with Gasteiger partial charge in [0.25, 0.3) is 0 Å². The van der Waals surface area contributed by atoms with Gasteiger partial charge in [-0.3, -0.25) is 9.69 Å². The van der Waals surface area contributed by atoms with Crippen LogP contribution in [0.25, 0.3) is 16.5 Å². The zero-order valence-electron chi connectivity index (χ0n) is 19.9. The number of aliphatic carboxylic acids is 1. The summed E-state index contributed by atoms with van der Waals surface area (Å²) in [6, 6.07) is 27.2. The Bertz CT molecular complexity index is 1400. The van der Waals surface area contributed by atoms with E-state index in [1.807, 2.05) is 24.4 Å². The van der Waals surface area contributed by atoms with Crippen molar-refractivity contribution < 1.29 is 9.90 Å². The summed E-state index contributed by atoms with van der Waals surface area (Å²) in [6.07, 6.45) is 5.07. The highest BCUT2D eigenvalue weighted by Crippen LogP contribution is 2.58. The molecule has 4 heteroatoms. The molecular weight excluding hydrogens is 432 g/mol. The fourth-order valence-electron chi connectivity index (χ4n) is 6.47. The van der Waals surface area contributed by atoms with Gasteiger partial charge in [0.1, 0.15) is 0 Å². The normalized spacial score (nSPS) is 24.3. The highest BCUT2D eigenvalue weighted by atomic mass is 16.4. The lowest BCUT2D eigenvalue weighted by atomic mass is 9.59. The lowest BCUT2D eigenvalue weighted by Gasteiger charge is -2.42. The maximum absolute atomic E-state index is 13.4. The number of aryl methyl sites for hydroxylation is 1. The van der Waals surface area contributed by atoms with Crippen molar-refractivity contribution in [1.29, 1.82) is 0 Å². The van der Waals surface area contributed by atoms with Gasteiger partial charge in [0.05, 0.1) is 5.41 Å². The molecule has 1 saturated heterocycles. The van der Waals surface area contributed by atoms with Crippen molar-refractivity contribution in [3.8, 4) is 0 Å². The fraction of sp³-hybridized carbons (Fsp3) is 0.258. The molecule has 2 heterocycles. The molecule has 3 atom stereocenters. The molecule has 0 radical (unpaired) electrons. The molecule has 1 aliphatic carbocycles. The molecule has 2 aliphatic rings. The molecule has 176 valence electrons. The van der Waals surface area contributed by atoms with E-state index in [9.17, 15) is 9.90 Å². The average Bonchev–Trinajstić information content (AvgIpc) is 3.47. The SMILES string of the molecule is Cc1ccc(C2=CCC(c3c[nH]c4ccccc34)C3(C(=O)O)CN(Cc4ccccc4)CC23)cc1. The van der Waals surface area contributed by atoms with Gasteiger partial charge in [-0.25, -0.2) is 0 Å². The minimum atomic E-state index is -0.894. The number of fused-ring (bicyclic) bond motifs is 2. The molecular formula is C31H30N2O2. The van der Waals surface area contributed by atoms with E-state index >= 15 is 0 Å². The molecule has 2 N–H and O–H groups in total. The standard InChI is InChI=1S/C31H30N2O2/c1-21-11-13-23(14-12-21)24-15-16-27(26-17-32-29-10-6-5-9-25(26)29)31(30(34)35)20-33(19-28(24)31)18-22-7-3-2-4-8-22/h2-15,17,27-28,32H,16,18-20H2,1H3,(H,34,35). The number of likely N-dealkylation sites (tertiary alicyclic amines) is 1. The molecule has 4 aromatic rings. The van der Waals surface area contributed by atoms with Crippen LogP contribution >= 0.6 is 0 Å². The first-order chi connectivity index (χ1) is 17.1. The summed E-state index contributed by atoms with van der Waals surface area (Å²) in [5.41, 5.74) is 6.04. The highest BCUT2D eigenvalue weighted by Gasteiger charge is 2.60. The third-order valence-electron chi connectivity index (χ3n) is 8.15. The van der Waals surface area contributed by atoms with Gasteiger partial charge in [-0.15, -0.1) is 0 Å². The number of carboxylic acid groups (broad SMARTS) is 1. The van der Waals surface area contributed by atoms with Crippen LogP contribution in [0.3, 0.4) is 0 Å². The smallest absolute Gasteiger partial charge is 0.312 e. The number of carboxylic acids is 1. The van der Waals surface area contributed by atoms with Gasteiger partial charge in [0.2, 0.25) is 0 Å². The van der Waals surface area contributed by atoms with Gasteiger partial charge in [0, 0.05) is 48.6 Å². The summed E-state index contributed by atoms with van der Waals surface area (Å²) >= 11 is 0. The Hall–Kier alpha value is -3.63. The minimum absolute atomic E-state index is 0.0844. The van der Waals surface area contributed by atoms with Crippen LogP contribution in [0.15, 0.2) is 91.1 Å². The number of nitrogens with one attached hydrogen (secondary N) is 1. The highest BCUT2D eigenvalue weighted by molar-refractivity contribution is 5.89. The Balaban J connectivity index is 1.48. The molecule has 1 aromatic heterocycles. The van der Waals surface area contributed by atoms with Crippen LogP contribution < -0.4 is 0 Å². The van der Waals surface area contributed by atoms with Crippen LogP contribution in [0.5, 0.6) is 0 Å². The number of allylic oxidation sites excluding steroid dienone is 1. The Morgan fingerprint density at radius 1 is 1.00 bits per heavy atom. The first-order valence-corrected chi connectivity index (χ1v) is 12.4. The largest absolute Gasteiger partial charge is 0.481 e. The van der Waals surface area contributed by atoms with E-state index in [0.717, 1.165) is 35.1 Å². The second-order valence-corrected chi connectivity index (χ2v) is 10.2. The van der Waals surface area contributed by atoms with Gasteiger partial charge < -0.3 is 10.1 Å². The molecule has 4 nitrogen and oxygen atoms in total. The Labute approximate surface area is 205 Å². The summed E-state index contributed by atoms with van der Waals surface area (Å²) in [4.78, 5) is 19.1. The molecule has 0 bridgehead atoms. The summed E-state index contributed by atoms with van der Waals surface area (Å²) in [5, 5.41) is 12.1. The molecule has 1 fully saturated rings. The maximum atomic E-state index is 13.4. The Morgan fingerprint density at radius 2 is 1.74 bits per heavy atom. The van der Waals surface area contributed by atoms with E-state index in [1.165, 1.54) is 16.7 Å². The molecule has 3 aromatic carbocycles. The van der Waals surface area contributed by atoms with Crippen molar-refractivity contribution in [3.63, 3.8) is 0 Å². The number of carbonyl (C=O) groups is 1. The number of nitrogens with zero attached hydrogens (tertiary/aromatic N) is 1. The second kappa shape index (κ2) is 8.54. The Kier molecular flexibility index (Phi) is 5.34. The van der Waals surface area contributed by atoms with Gasteiger partial charge in [-0.05, 0) is 41.7 Å². The van der Waals surface area contributed by atoms with Crippen LogP contribution in [-0.4, -0.2) is 34.0 Å². The minimum Gasteiger partial charge on any atom is -0.481 e. The number of rotatable bonds is 5. The van der Waals surface area contributed by atoms with E-state index in [0.29, 0.717) is 13.0 Å².